The van der Waals surface area contributed by atoms with Crippen molar-refractivity contribution in [2.45, 2.75) is 51.3 Å². The molecule has 0 fully saturated rings. The van der Waals surface area contributed by atoms with Crippen LogP contribution >= 0.6 is 0 Å². The Balaban J connectivity index is -0.0000000312. The number of primary sulfonamides is 1. The third-order valence-corrected chi connectivity index (χ3v) is 9.94. The van der Waals surface area contributed by atoms with Gasteiger partial charge in [0.2, 0.25) is 10.0 Å². The van der Waals surface area contributed by atoms with Gasteiger partial charge in [0.05, 0.1) is 32.3 Å². The van der Waals surface area contributed by atoms with Crippen LogP contribution in [0, 0.1) is 27.7 Å². The molecular formula is C40H70N4O7S2Y11. The summed E-state index contributed by atoms with van der Waals surface area (Å²) in [6.45, 7) is 11.8. The predicted molar refractivity (Wildman–Crippen MR) is 235 cm³/mol. The van der Waals surface area contributed by atoms with E-state index in [1.165, 1.54) is 24.3 Å². The van der Waals surface area contributed by atoms with Gasteiger partial charge in [-0.2, -0.15) is 0 Å². The monoisotopic (exact) mass is 1810 g/mol. The summed E-state index contributed by atoms with van der Waals surface area (Å²) in [4.78, 5) is 24.0. The van der Waals surface area contributed by atoms with Crippen LogP contribution in [-0.2, 0) is 380 Å². The molecule has 0 bridgehead atoms. The predicted octanol–water partition coefficient (Wildman–Crippen LogP) is 10.5. The number of aryl methyl sites for hydroxylation is 4. The molecule has 0 unspecified atom stereocenters. The maximum Gasteiger partial charge on any atom is 0.337 e. The fraction of sp³-hybridized carbons (Fsp3) is 0.150. The molecule has 11 nitrogen and oxygen atoms in total. The molecule has 64 heavy (non-hydrogen) atoms. The van der Waals surface area contributed by atoms with Gasteiger partial charge in [-0.15, -0.1) is 0 Å². The molecule has 0 aliphatic carbocycles. The van der Waals surface area contributed by atoms with Gasteiger partial charge < -0.3 is 14.2 Å². The van der Waals surface area contributed by atoms with Crippen LogP contribution in [0.5, 0.6) is 0 Å². The SMILES string of the molecule is CC.Cc1ccc(C)n1-c1ccccc1C(=O)NS(=O)(=O)c1ccccc1.Cc1ccc(C)n1-c1ccccc1C(=O)O.NS(=O)(=O)c1ccccc1.[3HH].[3H][3H].[3H][3H].[3H][3H].[3H][3H].[3H][3H].[3H][3H].[3H][3H].[3H][3H].[3H][3H].[3H][3H].[3H][3H].[3H][3H].[Y].[Y].[Y].[Y].[Y].[Y].[Y].[Y].[Y].[Y].[Y]. The number of nitrogens with zero attached hydrogens (tertiary/aromatic N) is 2. The van der Waals surface area contributed by atoms with Gasteiger partial charge in [0, 0.05) is 420 Å². The minimum atomic E-state index is -3.92. The second kappa shape index (κ2) is 46.7. The number of benzene rings is 4. The van der Waals surface area contributed by atoms with Gasteiger partial charge in [-0.25, -0.2) is 31.5 Å². The standard InChI is InChI=1S/C19H18N2O3S.C13H13NO2.C6H7NO2S.C2H6.11Y.13H2/c1-14-12-13-15(2)21(14)18-11-7-6-10-17(18)19(22)20-25(23,24)16-8-4-3-5-9-16;1-9-7-8-10(2)14(9)12-6-4-3-5-11(12)13(15)16;7-10(8,9)6-4-2-1-3-5-6;1-2;;;;;;;;;;;;;;;;;;;;;;;;/h3-13H,1-2H3,(H,20,22);3-8H,1-2H3,(H,15,16);1-5H,(H2,7,8,9);1-2H3;;;;;;;;;;;;13*1H/i;;;;;;;;;;;;;;;12*1+2T;1+2. The molecule has 2 heterocycles. The number of hydrogen-bond donors (Lipinski definition) is 3. The minimum absolute atomic E-state index is 0. The van der Waals surface area contributed by atoms with Crippen molar-refractivity contribution < 1.29 is 428 Å². The topological polar surface area (TPSA) is 171 Å². The zero-order valence-electron chi connectivity index (χ0n) is 60.7. The number of nitrogens with one attached hydrogen (secondary N) is 1. The molecule has 0 aliphatic heterocycles. The number of carboxylic acid groups (broad SMARTS) is 1. The van der Waals surface area contributed by atoms with E-state index in [-0.39, 0.29) is 371 Å². The van der Waals surface area contributed by atoms with Crippen LogP contribution in [0.3, 0.4) is 0 Å². The maximum atomic E-state index is 12.7. The van der Waals surface area contributed by atoms with E-state index in [4.69, 9.17) is 45.9 Å². The van der Waals surface area contributed by atoms with Crippen molar-refractivity contribution in [3.8, 4) is 11.4 Å². The first kappa shape index (κ1) is 62.9. The van der Waals surface area contributed by atoms with E-state index in [1.807, 2.05) is 93.1 Å². The van der Waals surface area contributed by atoms with Crippen LogP contribution in [0.2, 0.25) is 0 Å². The Morgan fingerprint density at radius 1 is 0.484 bits per heavy atom. The summed E-state index contributed by atoms with van der Waals surface area (Å²) in [6.07, 6.45) is 0. The smallest absolute Gasteiger partial charge is 0.337 e. The van der Waals surface area contributed by atoms with E-state index in [9.17, 15) is 26.4 Å². The third-order valence-electron chi connectivity index (χ3n) is 7.66. The zero-order valence-corrected chi connectivity index (χ0v) is 69.6. The number of amides is 1. The number of para-hydroxylation sites is 2. The molecule has 337 valence electrons. The fourth-order valence-electron chi connectivity index (χ4n) is 5.25. The van der Waals surface area contributed by atoms with Crippen molar-refractivity contribution in [3.63, 3.8) is 0 Å². The Bertz CT molecular complexity index is 2450. The van der Waals surface area contributed by atoms with Gasteiger partial charge in [-0.1, -0.05) is 74.5 Å². The Hall–Kier alpha value is 6.38. The molecule has 6 aromatic rings. The number of carbonyl (C=O) groups is 2. The van der Waals surface area contributed by atoms with Crippen molar-refractivity contribution in [2.75, 3.05) is 0 Å². The first-order valence-corrected chi connectivity index (χ1v) is 19.6. The summed E-state index contributed by atoms with van der Waals surface area (Å²) < 4.78 is 172. The Morgan fingerprint density at radius 3 is 1.08 bits per heavy atom. The first-order chi connectivity index (χ1) is 37.1. The minimum Gasteiger partial charge on any atom is -0.478 e. The first-order valence-electron chi connectivity index (χ1n) is 28.5. The van der Waals surface area contributed by atoms with Crippen LogP contribution in [0.15, 0.2) is 143 Å². The van der Waals surface area contributed by atoms with Crippen molar-refractivity contribution in [1.82, 2.24) is 13.9 Å². The Morgan fingerprint density at radius 2 is 0.766 bits per heavy atom. The Kier molecular flexibility index (Phi) is 45.9. The van der Waals surface area contributed by atoms with Crippen molar-refractivity contribution >= 4 is 31.9 Å². The van der Waals surface area contributed by atoms with Crippen LogP contribution in [0.1, 0.15) is 94.4 Å². The summed E-state index contributed by atoms with van der Waals surface area (Å²) in [5, 5.41) is 14.0. The Labute approximate surface area is 695 Å². The summed E-state index contributed by atoms with van der Waals surface area (Å²) >= 11 is 0. The average molecular weight is 1810 g/mol. The van der Waals surface area contributed by atoms with E-state index in [2.05, 4.69) is 4.72 Å². The summed E-state index contributed by atoms with van der Waals surface area (Å²) in [6, 6.07) is 37.5. The van der Waals surface area contributed by atoms with Crippen LogP contribution in [0.25, 0.3) is 11.4 Å². The molecule has 0 atom stereocenters. The second-order valence-corrected chi connectivity index (χ2v) is 14.6. The van der Waals surface area contributed by atoms with Crippen molar-refractivity contribution in [2.24, 2.45) is 5.14 Å². The van der Waals surface area contributed by atoms with E-state index >= 15 is 0 Å². The average Bonchev–Trinajstić information content (AvgIpc) is 4.04. The molecular weight excluding hydrogens is 1690 g/mol. The van der Waals surface area contributed by atoms with Gasteiger partial charge in [0.1, 0.15) is 0 Å². The summed E-state index contributed by atoms with van der Waals surface area (Å²) in [5.41, 5.74) is 5.97. The van der Waals surface area contributed by atoms with Crippen molar-refractivity contribution in [3.05, 3.63) is 167 Å². The van der Waals surface area contributed by atoms with E-state index < -0.39 is 31.9 Å². The molecule has 1 amide bonds. The molecule has 0 spiro atoms. The number of aromatic nitrogens is 2. The molecule has 6 rings (SSSR count). The third kappa shape index (κ3) is 29.1. The van der Waals surface area contributed by atoms with E-state index in [0.717, 1.165) is 28.5 Å². The number of carbonyl (C=O) groups excluding carboxylic acids is 1. The summed E-state index contributed by atoms with van der Waals surface area (Å²) in [7, 11) is -7.43. The molecule has 24 heteroatoms. The molecule has 4 aromatic carbocycles. The fourth-order valence-corrected chi connectivity index (χ4v) is 6.78. The van der Waals surface area contributed by atoms with E-state index in [0.29, 0.717) is 16.8 Å². The number of rotatable bonds is 7. The van der Waals surface area contributed by atoms with Crippen LogP contribution in [-0.4, -0.2) is 43.0 Å². The van der Waals surface area contributed by atoms with Gasteiger partial charge in [-0.05, 0) is 100 Å². The molecule has 4 N–H and O–H groups in total. The van der Waals surface area contributed by atoms with Gasteiger partial charge >= 0.3 is 5.97 Å². The zero-order chi connectivity index (χ0) is 63.3. The van der Waals surface area contributed by atoms with Crippen LogP contribution in [0.4, 0.5) is 0 Å². The second-order valence-electron chi connectivity index (χ2n) is 11.3. The largest absolute Gasteiger partial charge is 0.478 e. The van der Waals surface area contributed by atoms with Gasteiger partial charge in [-0.3, -0.25) is 4.79 Å². The van der Waals surface area contributed by atoms with Gasteiger partial charge in [0.25, 0.3) is 15.9 Å². The molecule has 0 saturated heterocycles. The maximum absolute atomic E-state index is 12.7. The number of hydrogen-bond acceptors (Lipinski definition) is 6. The number of aromatic carboxylic acids is 1. The van der Waals surface area contributed by atoms with Gasteiger partial charge in [0.15, 0.2) is 0 Å². The number of nitrogens with two attached hydrogens (primary N) is 1. The number of carboxylic acids is 1. The summed E-state index contributed by atoms with van der Waals surface area (Å²) in [5.74, 6) is -1.56. The molecule has 0 saturated carbocycles. The van der Waals surface area contributed by atoms with E-state index in [1.54, 1.807) is 66.7 Å². The number of sulfonamides is 2. The normalized spacial score (nSPS) is 10.4. The van der Waals surface area contributed by atoms with Crippen molar-refractivity contribution in [1.29, 1.82) is 0 Å². The molecule has 11 radical (unpaired) electrons. The molecule has 0 aliphatic rings. The quantitative estimate of drug-likeness (QED) is 0.143. The van der Waals surface area contributed by atoms with Crippen LogP contribution < -0.4 is 9.86 Å². The molecule has 2 aromatic heterocycles.